The number of fused-ring (bicyclic) bond motifs is 1. The van der Waals surface area contributed by atoms with Crippen LogP contribution in [0.25, 0.3) is 10.9 Å². The van der Waals surface area contributed by atoms with Crippen LogP contribution in [-0.4, -0.2) is 20.9 Å². The number of hydrogen-bond acceptors (Lipinski definition) is 4. The fourth-order valence-electron chi connectivity index (χ4n) is 2.45. The maximum atomic E-state index is 12.3. The van der Waals surface area contributed by atoms with Crippen molar-refractivity contribution < 1.29 is 4.79 Å². The van der Waals surface area contributed by atoms with E-state index >= 15 is 0 Å². The lowest BCUT2D eigenvalue weighted by molar-refractivity contribution is -0.122. The third-order valence-electron chi connectivity index (χ3n) is 3.67. The molecular weight excluding hydrogens is 372 g/mol. The molecule has 24 heavy (non-hydrogen) atoms. The molecule has 1 amide bonds. The average molecular weight is 387 g/mol. The highest BCUT2D eigenvalue weighted by Gasteiger charge is 2.14. The van der Waals surface area contributed by atoms with Gasteiger partial charge in [0.25, 0.3) is 5.56 Å². The minimum Gasteiger partial charge on any atom is -0.348 e. The zero-order valence-corrected chi connectivity index (χ0v) is 14.5. The number of rotatable bonds is 4. The van der Waals surface area contributed by atoms with E-state index in [1.54, 1.807) is 24.3 Å². The van der Waals surface area contributed by atoms with Gasteiger partial charge in [-0.1, -0.05) is 51.5 Å². The van der Waals surface area contributed by atoms with Gasteiger partial charge in [0.15, 0.2) is 0 Å². The summed E-state index contributed by atoms with van der Waals surface area (Å²) in [7, 11) is 0. The Morgan fingerprint density at radius 2 is 1.92 bits per heavy atom. The Morgan fingerprint density at radius 3 is 2.71 bits per heavy atom. The molecule has 0 bridgehead atoms. The van der Waals surface area contributed by atoms with Crippen LogP contribution in [-0.2, 0) is 11.3 Å². The normalized spacial score (nSPS) is 12.1. The standard InChI is InChI=1S/C17H15BrN4O2/c1-11(12-6-2-4-8-14(12)18)19-16(23)10-22-17(24)13-7-3-5-9-15(13)20-21-22/h2-9,11H,10H2,1H3,(H,19,23). The fourth-order valence-corrected chi connectivity index (χ4v) is 3.08. The van der Waals surface area contributed by atoms with Crippen LogP contribution in [0, 0.1) is 0 Å². The second-order valence-corrected chi connectivity index (χ2v) is 6.23. The van der Waals surface area contributed by atoms with Crippen molar-refractivity contribution >= 4 is 32.7 Å². The molecule has 6 nitrogen and oxygen atoms in total. The Hall–Kier alpha value is -2.54. The number of amides is 1. The van der Waals surface area contributed by atoms with Gasteiger partial charge >= 0.3 is 0 Å². The molecule has 3 rings (SSSR count). The molecule has 1 atom stereocenters. The van der Waals surface area contributed by atoms with Gasteiger partial charge < -0.3 is 5.32 Å². The van der Waals surface area contributed by atoms with Crippen molar-refractivity contribution in [2.24, 2.45) is 0 Å². The zero-order chi connectivity index (χ0) is 17.1. The number of halogens is 1. The van der Waals surface area contributed by atoms with Crippen molar-refractivity contribution in [3.05, 3.63) is 68.9 Å². The van der Waals surface area contributed by atoms with Gasteiger partial charge in [0.2, 0.25) is 5.91 Å². The van der Waals surface area contributed by atoms with Crippen molar-refractivity contribution in [1.82, 2.24) is 20.3 Å². The Balaban J connectivity index is 1.77. The second-order valence-electron chi connectivity index (χ2n) is 5.38. The predicted molar refractivity (Wildman–Crippen MR) is 94.5 cm³/mol. The molecule has 122 valence electrons. The van der Waals surface area contributed by atoms with Gasteiger partial charge in [0.05, 0.1) is 11.4 Å². The monoisotopic (exact) mass is 386 g/mol. The molecule has 0 aliphatic rings. The van der Waals surface area contributed by atoms with Crippen LogP contribution in [0.15, 0.2) is 57.8 Å². The van der Waals surface area contributed by atoms with Crippen molar-refractivity contribution in [3.63, 3.8) is 0 Å². The topological polar surface area (TPSA) is 76.9 Å². The molecule has 0 saturated carbocycles. The maximum Gasteiger partial charge on any atom is 0.278 e. The zero-order valence-electron chi connectivity index (χ0n) is 12.9. The molecule has 3 aromatic rings. The summed E-state index contributed by atoms with van der Waals surface area (Å²) in [6.45, 7) is 1.71. The van der Waals surface area contributed by atoms with E-state index in [2.05, 4.69) is 31.6 Å². The third kappa shape index (κ3) is 3.35. The molecule has 1 heterocycles. The van der Waals surface area contributed by atoms with Crippen LogP contribution in [0.4, 0.5) is 0 Å². The van der Waals surface area contributed by atoms with E-state index in [1.165, 1.54) is 0 Å². The van der Waals surface area contributed by atoms with Gasteiger partial charge in [0.1, 0.15) is 12.1 Å². The van der Waals surface area contributed by atoms with Crippen LogP contribution < -0.4 is 10.9 Å². The SMILES string of the molecule is CC(NC(=O)Cn1nnc2ccccc2c1=O)c1ccccc1Br. The summed E-state index contributed by atoms with van der Waals surface area (Å²) in [6.07, 6.45) is 0. The molecular formula is C17H15BrN4O2. The van der Waals surface area contributed by atoms with E-state index in [-0.39, 0.29) is 24.1 Å². The van der Waals surface area contributed by atoms with Gasteiger partial charge in [-0.2, -0.15) is 0 Å². The summed E-state index contributed by atoms with van der Waals surface area (Å²) in [4.78, 5) is 24.6. The van der Waals surface area contributed by atoms with E-state index in [9.17, 15) is 9.59 Å². The number of nitrogens with one attached hydrogen (secondary N) is 1. The van der Waals surface area contributed by atoms with Gasteiger partial charge in [-0.15, -0.1) is 5.10 Å². The first kappa shape index (κ1) is 16.3. The first-order valence-corrected chi connectivity index (χ1v) is 8.22. The van der Waals surface area contributed by atoms with Gasteiger partial charge in [0, 0.05) is 4.47 Å². The minimum absolute atomic E-state index is 0.175. The molecule has 0 aliphatic heterocycles. The summed E-state index contributed by atoms with van der Waals surface area (Å²) < 4.78 is 1.99. The van der Waals surface area contributed by atoms with Crippen molar-refractivity contribution in [1.29, 1.82) is 0 Å². The lowest BCUT2D eigenvalue weighted by Gasteiger charge is -2.16. The van der Waals surface area contributed by atoms with Crippen molar-refractivity contribution in [3.8, 4) is 0 Å². The smallest absolute Gasteiger partial charge is 0.278 e. The maximum absolute atomic E-state index is 12.3. The van der Waals surface area contributed by atoms with E-state index in [0.29, 0.717) is 10.9 Å². The number of hydrogen-bond donors (Lipinski definition) is 1. The van der Waals surface area contributed by atoms with Crippen molar-refractivity contribution in [2.45, 2.75) is 19.5 Å². The van der Waals surface area contributed by atoms with Crippen LogP contribution in [0.2, 0.25) is 0 Å². The quantitative estimate of drug-likeness (QED) is 0.746. The van der Waals surface area contributed by atoms with Gasteiger partial charge in [-0.25, -0.2) is 4.68 Å². The van der Waals surface area contributed by atoms with Crippen LogP contribution >= 0.6 is 15.9 Å². The Bertz CT molecular complexity index is 954. The number of nitrogens with zero attached hydrogens (tertiary/aromatic N) is 3. The highest BCUT2D eigenvalue weighted by molar-refractivity contribution is 9.10. The van der Waals surface area contributed by atoms with Gasteiger partial charge in [-0.3, -0.25) is 9.59 Å². The fraction of sp³-hybridized carbons (Fsp3) is 0.176. The van der Waals surface area contributed by atoms with E-state index in [4.69, 9.17) is 0 Å². The summed E-state index contributed by atoms with van der Waals surface area (Å²) >= 11 is 3.46. The Labute approximate surface area is 146 Å². The van der Waals surface area contributed by atoms with Crippen LogP contribution in [0.5, 0.6) is 0 Å². The lowest BCUT2D eigenvalue weighted by Crippen LogP contribution is -2.35. The summed E-state index contributed by atoms with van der Waals surface area (Å²) in [6, 6.07) is 14.4. The van der Waals surface area contributed by atoms with Gasteiger partial charge in [-0.05, 0) is 30.7 Å². The predicted octanol–water partition coefficient (Wildman–Crippen LogP) is 2.43. The molecule has 0 saturated heterocycles. The molecule has 1 N–H and O–H groups in total. The number of carbonyl (C=O) groups excluding carboxylic acids is 1. The molecule has 0 fully saturated rings. The number of aromatic nitrogens is 3. The van der Waals surface area contributed by atoms with E-state index < -0.39 is 0 Å². The van der Waals surface area contributed by atoms with Crippen LogP contribution in [0.1, 0.15) is 18.5 Å². The van der Waals surface area contributed by atoms with Crippen LogP contribution in [0.3, 0.4) is 0 Å². The molecule has 1 unspecified atom stereocenters. The highest BCUT2D eigenvalue weighted by atomic mass is 79.9. The minimum atomic E-state index is -0.329. The second kappa shape index (κ2) is 6.92. The molecule has 7 heteroatoms. The summed E-state index contributed by atoms with van der Waals surface area (Å²) in [5.74, 6) is -0.301. The van der Waals surface area contributed by atoms with E-state index in [0.717, 1.165) is 14.7 Å². The Kier molecular flexibility index (Phi) is 4.71. The van der Waals surface area contributed by atoms with E-state index in [1.807, 2.05) is 31.2 Å². The third-order valence-corrected chi connectivity index (χ3v) is 4.39. The molecule has 0 spiro atoms. The average Bonchev–Trinajstić information content (AvgIpc) is 2.58. The molecule has 0 radical (unpaired) electrons. The molecule has 0 aliphatic carbocycles. The summed E-state index contributed by atoms with van der Waals surface area (Å²) in [5.41, 5.74) is 1.15. The Morgan fingerprint density at radius 1 is 1.21 bits per heavy atom. The summed E-state index contributed by atoms with van der Waals surface area (Å²) in [5, 5.41) is 11.1. The number of benzene rings is 2. The van der Waals surface area contributed by atoms with Crippen molar-refractivity contribution in [2.75, 3.05) is 0 Å². The highest BCUT2D eigenvalue weighted by Crippen LogP contribution is 2.22. The largest absolute Gasteiger partial charge is 0.348 e. The molecule has 2 aromatic carbocycles. The molecule has 1 aromatic heterocycles. The first-order chi connectivity index (χ1) is 11.6. The first-order valence-electron chi connectivity index (χ1n) is 7.42. The number of carbonyl (C=O) groups is 1. The lowest BCUT2D eigenvalue weighted by atomic mass is 10.1.